The molecule has 0 spiro atoms. The average Bonchev–Trinajstić information content (AvgIpc) is 3.20. The minimum atomic E-state index is 0.187. The molecule has 2 aliphatic rings. The Morgan fingerprint density at radius 3 is 2.41 bits per heavy atom. The molecule has 1 aliphatic heterocycles. The Morgan fingerprint density at radius 2 is 1.63 bits per heavy atom. The van der Waals surface area contributed by atoms with Gasteiger partial charge in [0, 0.05) is 28.9 Å². The van der Waals surface area contributed by atoms with Crippen molar-refractivity contribution < 1.29 is 4.74 Å². The number of aromatic nitrogens is 5. The monoisotopic (exact) mass is 552 g/mol. The van der Waals surface area contributed by atoms with Crippen LogP contribution in [0.5, 0.6) is 5.75 Å². The van der Waals surface area contributed by atoms with Gasteiger partial charge in [0.05, 0.1) is 5.69 Å². The van der Waals surface area contributed by atoms with Gasteiger partial charge in [0.2, 0.25) is 11.9 Å². The summed E-state index contributed by atoms with van der Waals surface area (Å²) in [4.78, 5) is 7.01. The highest BCUT2D eigenvalue weighted by Crippen LogP contribution is 2.38. The van der Waals surface area contributed by atoms with E-state index in [1.807, 2.05) is 36.4 Å². The Labute approximate surface area is 242 Å². The largest absolute Gasteiger partial charge is 0.492 e. The zero-order valence-corrected chi connectivity index (χ0v) is 24.5. The SMILES string of the molecule is CC1(C)CCCC(C)(C)N1CCOc1ccc(Nc2nc(N)n(-c3cc4c(nn3)-c3ccccc3CCC4)n2)cc1. The lowest BCUT2D eigenvalue weighted by atomic mass is 9.80. The van der Waals surface area contributed by atoms with Crippen molar-refractivity contribution in [3.63, 3.8) is 0 Å². The van der Waals surface area contributed by atoms with Crippen molar-refractivity contribution >= 4 is 17.6 Å². The first-order chi connectivity index (χ1) is 19.7. The van der Waals surface area contributed by atoms with E-state index in [9.17, 15) is 0 Å². The summed E-state index contributed by atoms with van der Waals surface area (Å²) < 4.78 is 7.65. The summed E-state index contributed by atoms with van der Waals surface area (Å²) in [7, 11) is 0. The van der Waals surface area contributed by atoms with Crippen LogP contribution in [0, 0.1) is 0 Å². The molecule has 214 valence electrons. The molecule has 9 nitrogen and oxygen atoms in total. The van der Waals surface area contributed by atoms with Crippen LogP contribution in [-0.2, 0) is 12.8 Å². The number of piperidine rings is 1. The normalized spacial score (nSPS) is 17.8. The third kappa shape index (κ3) is 5.63. The number of ether oxygens (including phenoxy) is 1. The van der Waals surface area contributed by atoms with Gasteiger partial charge in [0.25, 0.3) is 0 Å². The lowest BCUT2D eigenvalue weighted by Gasteiger charge is -2.53. The molecule has 6 rings (SSSR count). The van der Waals surface area contributed by atoms with Crippen molar-refractivity contribution in [2.24, 2.45) is 0 Å². The van der Waals surface area contributed by atoms with Crippen LogP contribution in [-0.4, -0.2) is 54.1 Å². The zero-order valence-electron chi connectivity index (χ0n) is 24.5. The van der Waals surface area contributed by atoms with E-state index in [1.54, 1.807) is 0 Å². The van der Waals surface area contributed by atoms with Gasteiger partial charge in [-0.15, -0.1) is 15.3 Å². The second-order valence-corrected chi connectivity index (χ2v) is 12.4. The molecule has 9 heteroatoms. The molecule has 0 radical (unpaired) electrons. The molecule has 0 saturated carbocycles. The molecule has 3 N–H and O–H groups in total. The molecule has 0 amide bonds. The number of nitrogens with one attached hydrogen (secondary N) is 1. The number of nitrogens with two attached hydrogens (primary N) is 1. The Hall–Kier alpha value is -3.98. The fraction of sp³-hybridized carbons (Fsp3) is 0.438. The minimum Gasteiger partial charge on any atom is -0.492 e. The van der Waals surface area contributed by atoms with Gasteiger partial charge >= 0.3 is 0 Å². The maximum absolute atomic E-state index is 6.25. The van der Waals surface area contributed by atoms with Crippen LogP contribution < -0.4 is 15.8 Å². The van der Waals surface area contributed by atoms with E-state index < -0.39 is 0 Å². The van der Waals surface area contributed by atoms with E-state index in [0.717, 1.165) is 54.1 Å². The van der Waals surface area contributed by atoms with Crippen LogP contribution in [0.3, 0.4) is 0 Å². The van der Waals surface area contributed by atoms with Gasteiger partial charge in [0.1, 0.15) is 12.4 Å². The van der Waals surface area contributed by atoms with Gasteiger partial charge in [-0.05, 0) is 108 Å². The fourth-order valence-corrected chi connectivity index (χ4v) is 6.59. The van der Waals surface area contributed by atoms with E-state index in [0.29, 0.717) is 18.4 Å². The number of hydrogen-bond donors (Lipinski definition) is 2. The highest BCUT2D eigenvalue weighted by atomic mass is 16.5. The second kappa shape index (κ2) is 10.8. The summed E-state index contributed by atoms with van der Waals surface area (Å²) in [6.07, 6.45) is 6.73. The summed E-state index contributed by atoms with van der Waals surface area (Å²) >= 11 is 0. The summed E-state index contributed by atoms with van der Waals surface area (Å²) in [6, 6.07) is 18.3. The first-order valence-electron chi connectivity index (χ1n) is 14.7. The standard InChI is InChI=1S/C32H40N8O/c1-31(2)17-8-18-32(3,4)39(31)19-20-41-25-15-13-24(14-16-25)34-30-35-29(33)40(38-30)27-21-23-11-7-10-22-9-5-6-12-26(22)28(23)37-36-27/h5-6,9,12-16,21H,7-8,10-11,17-20H2,1-4H3,(H3,33,34,35,38). The Bertz CT molecular complexity index is 1510. The molecule has 1 fully saturated rings. The molecule has 4 aromatic rings. The van der Waals surface area contributed by atoms with Gasteiger partial charge in [-0.25, -0.2) is 0 Å². The van der Waals surface area contributed by atoms with Gasteiger partial charge in [0.15, 0.2) is 5.82 Å². The minimum absolute atomic E-state index is 0.187. The number of benzene rings is 2. The highest BCUT2D eigenvalue weighted by Gasteiger charge is 2.40. The van der Waals surface area contributed by atoms with Crippen LogP contribution in [0.15, 0.2) is 54.6 Å². The number of likely N-dealkylation sites (tertiary alicyclic amines) is 1. The molecule has 1 aliphatic carbocycles. The van der Waals surface area contributed by atoms with Crippen molar-refractivity contribution in [2.45, 2.75) is 77.3 Å². The number of rotatable bonds is 7. The Morgan fingerprint density at radius 1 is 0.902 bits per heavy atom. The third-order valence-electron chi connectivity index (χ3n) is 8.61. The van der Waals surface area contributed by atoms with Crippen LogP contribution in [0.25, 0.3) is 17.1 Å². The van der Waals surface area contributed by atoms with E-state index in [1.165, 1.54) is 29.5 Å². The molecule has 3 heterocycles. The van der Waals surface area contributed by atoms with Crippen LogP contribution in [0.4, 0.5) is 17.6 Å². The number of fused-ring (bicyclic) bond motifs is 3. The summed E-state index contributed by atoms with van der Waals surface area (Å²) in [5.41, 5.74) is 12.0. The molecule has 2 aromatic heterocycles. The van der Waals surface area contributed by atoms with Gasteiger partial charge < -0.3 is 15.8 Å². The van der Waals surface area contributed by atoms with E-state index >= 15 is 0 Å². The number of aryl methyl sites for hydroxylation is 2. The third-order valence-corrected chi connectivity index (χ3v) is 8.61. The summed E-state index contributed by atoms with van der Waals surface area (Å²) in [6.45, 7) is 10.9. The molecular formula is C32H40N8O. The van der Waals surface area contributed by atoms with Gasteiger partial charge in [-0.1, -0.05) is 24.3 Å². The predicted molar refractivity (Wildman–Crippen MR) is 163 cm³/mol. The van der Waals surface area contributed by atoms with Crippen molar-refractivity contribution in [3.8, 4) is 22.8 Å². The number of hydrogen-bond acceptors (Lipinski definition) is 8. The van der Waals surface area contributed by atoms with E-state index in [2.05, 4.69) is 76.4 Å². The van der Waals surface area contributed by atoms with Crippen molar-refractivity contribution in [1.29, 1.82) is 0 Å². The predicted octanol–water partition coefficient (Wildman–Crippen LogP) is 5.96. The number of nitrogen functional groups attached to an aromatic ring is 1. The Kier molecular flexibility index (Phi) is 7.15. The van der Waals surface area contributed by atoms with Gasteiger partial charge in [-0.2, -0.15) is 9.67 Å². The van der Waals surface area contributed by atoms with Crippen LogP contribution >= 0.6 is 0 Å². The van der Waals surface area contributed by atoms with Crippen molar-refractivity contribution in [2.75, 3.05) is 24.2 Å². The topological polar surface area (TPSA) is 107 Å². The fourth-order valence-electron chi connectivity index (χ4n) is 6.59. The summed E-state index contributed by atoms with van der Waals surface area (Å²) in [5, 5.41) is 16.9. The highest BCUT2D eigenvalue weighted by molar-refractivity contribution is 5.68. The van der Waals surface area contributed by atoms with E-state index in [4.69, 9.17) is 10.5 Å². The molecule has 41 heavy (non-hydrogen) atoms. The second-order valence-electron chi connectivity index (χ2n) is 12.4. The quantitative estimate of drug-likeness (QED) is 0.289. The summed E-state index contributed by atoms with van der Waals surface area (Å²) in [5.74, 6) is 2.04. The molecular weight excluding hydrogens is 512 g/mol. The Balaban J connectivity index is 1.11. The van der Waals surface area contributed by atoms with Crippen molar-refractivity contribution in [1.82, 2.24) is 29.9 Å². The van der Waals surface area contributed by atoms with Crippen molar-refractivity contribution in [3.05, 3.63) is 65.7 Å². The smallest absolute Gasteiger partial charge is 0.248 e. The van der Waals surface area contributed by atoms with Crippen LogP contribution in [0.1, 0.15) is 64.5 Å². The van der Waals surface area contributed by atoms with Gasteiger partial charge in [-0.3, -0.25) is 4.90 Å². The molecule has 0 bridgehead atoms. The lowest BCUT2D eigenvalue weighted by Crippen LogP contribution is -2.59. The molecule has 2 aromatic carbocycles. The van der Waals surface area contributed by atoms with E-state index in [-0.39, 0.29) is 17.0 Å². The number of anilines is 3. The first kappa shape index (κ1) is 27.2. The zero-order chi connectivity index (χ0) is 28.6. The molecule has 0 unspecified atom stereocenters. The molecule has 0 atom stereocenters. The first-order valence-corrected chi connectivity index (χ1v) is 14.7. The maximum Gasteiger partial charge on any atom is 0.248 e. The number of nitrogens with zero attached hydrogens (tertiary/aromatic N) is 6. The van der Waals surface area contributed by atoms with Crippen LogP contribution in [0.2, 0.25) is 0 Å². The maximum atomic E-state index is 6.25. The lowest BCUT2D eigenvalue weighted by molar-refractivity contribution is -0.0340. The molecule has 1 saturated heterocycles. The average molecular weight is 553 g/mol.